The van der Waals surface area contributed by atoms with Gasteiger partial charge in [-0.15, -0.1) is 0 Å². The standard InChI is InChI=1S/C18H20ClNO/c1-13-6-4-7-15(10-13)12-20(3)14(2)18(21)16-8-5-9-17(19)11-16/h4-11,14H,12H2,1-3H3. The molecular formula is C18H20ClNO. The molecule has 1 unspecified atom stereocenters. The van der Waals surface area contributed by atoms with E-state index in [-0.39, 0.29) is 11.8 Å². The van der Waals surface area contributed by atoms with Crippen LogP contribution in [0.25, 0.3) is 0 Å². The highest BCUT2D eigenvalue weighted by Gasteiger charge is 2.19. The highest BCUT2D eigenvalue weighted by molar-refractivity contribution is 6.31. The lowest BCUT2D eigenvalue weighted by Crippen LogP contribution is -2.35. The largest absolute Gasteiger partial charge is 0.292 e. The van der Waals surface area contributed by atoms with E-state index in [1.165, 1.54) is 11.1 Å². The molecule has 0 spiro atoms. The third-order valence-electron chi connectivity index (χ3n) is 3.66. The summed E-state index contributed by atoms with van der Waals surface area (Å²) in [4.78, 5) is 14.5. The number of carbonyl (C=O) groups excluding carboxylic acids is 1. The van der Waals surface area contributed by atoms with E-state index in [0.717, 1.165) is 6.54 Å². The summed E-state index contributed by atoms with van der Waals surface area (Å²) in [7, 11) is 1.97. The summed E-state index contributed by atoms with van der Waals surface area (Å²) in [5, 5.41) is 0.592. The number of nitrogens with zero attached hydrogens (tertiary/aromatic N) is 1. The van der Waals surface area contributed by atoms with Crippen molar-refractivity contribution in [3.05, 3.63) is 70.2 Å². The lowest BCUT2D eigenvalue weighted by molar-refractivity contribution is 0.0862. The lowest BCUT2D eigenvalue weighted by Gasteiger charge is -2.24. The first-order valence-electron chi connectivity index (χ1n) is 7.03. The van der Waals surface area contributed by atoms with Crippen molar-refractivity contribution < 1.29 is 4.79 Å². The van der Waals surface area contributed by atoms with Crippen molar-refractivity contribution in [2.75, 3.05) is 7.05 Å². The zero-order valence-electron chi connectivity index (χ0n) is 12.6. The van der Waals surface area contributed by atoms with Gasteiger partial charge in [0.25, 0.3) is 0 Å². The van der Waals surface area contributed by atoms with E-state index in [9.17, 15) is 4.79 Å². The van der Waals surface area contributed by atoms with Crippen LogP contribution in [0.1, 0.15) is 28.4 Å². The molecule has 3 heteroatoms. The highest BCUT2D eigenvalue weighted by atomic mass is 35.5. The molecule has 0 heterocycles. The van der Waals surface area contributed by atoms with E-state index in [1.807, 2.05) is 32.2 Å². The zero-order chi connectivity index (χ0) is 15.4. The molecule has 0 saturated carbocycles. The van der Waals surface area contributed by atoms with Gasteiger partial charge < -0.3 is 0 Å². The monoisotopic (exact) mass is 301 g/mol. The van der Waals surface area contributed by atoms with Crippen molar-refractivity contribution in [1.82, 2.24) is 4.90 Å². The topological polar surface area (TPSA) is 20.3 Å². The smallest absolute Gasteiger partial charge is 0.179 e. The Morgan fingerprint density at radius 1 is 1.19 bits per heavy atom. The number of aryl methyl sites for hydroxylation is 1. The Labute approximate surface area is 131 Å². The number of benzene rings is 2. The van der Waals surface area contributed by atoms with Crippen LogP contribution in [-0.4, -0.2) is 23.8 Å². The molecule has 110 valence electrons. The van der Waals surface area contributed by atoms with Crippen LogP contribution >= 0.6 is 11.6 Å². The second kappa shape index (κ2) is 6.88. The Kier molecular flexibility index (Phi) is 5.16. The van der Waals surface area contributed by atoms with Crippen LogP contribution in [0.3, 0.4) is 0 Å². The Morgan fingerprint density at radius 3 is 2.57 bits per heavy atom. The molecular weight excluding hydrogens is 282 g/mol. The van der Waals surface area contributed by atoms with Crippen LogP contribution in [0.15, 0.2) is 48.5 Å². The molecule has 2 aromatic carbocycles. The molecule has 0 N–H and O–H groups in total. The fourth-order valence-corrected chi connectivity index (χ4v) is 2.51. The Balaban J connectivity index is 2.08. The summed E-state index contributed by atoms with van der Waals surface area (Å²) >= 11 is 5.95. The summed E-state index contributed by atoms with van der Waals surface area (Å²) in [5.41, 5.74) is 3.10. The van der Waals surface area contributed by atoms with Gasteiger partial charge in [-0.2, -0.15) is 0 Å². The van der Waals surface area contributed by atoms with Gasteiger partial charge in [-0.05, 0) is 38.6 Å². The van der Waals surface area contributed by atoms with Gasteiger partial charge in [0.1, 0.15) is 0 Å². The number of rotatable bonds is 5. The Bertz CT molecular complexity index is 639. The van der Waals surface area contributed by atoms with E-state index >= 15 is 0 Å². The average Bonchev–Trinajstić information content (AvgIpc) is 2.45. The van der Waals surface area contributed by atoms with Crippen molar-refractivity contribution in [2.45, 2.75) is 26.4 Å². The molecule has 0 amide bonds. The molecule has 2 rings (SSSR count). The summed E-state index contributed by atoms with van der Waals surface area (Å²) in [6.45, 7) is 4.75. The van der Waals surface area contributed by atoms with Crippen molar-refractivity contribution in [2.24, 2.45) is 0 Å². The fourth-order valence-electron chi connectivity index (χ4n) is 2.32. The van der Waals surface area contributed by atoms with E-state index in [4.69, 9.17) is 11.6 Å². The Hall–Kier alpha value is -1.64. The molecule has 0 fully saturated rings. The molecule has 1 atom stereocenters. The number of likely N-dealkylation sites (N-methyl/N-ethyl adjacent to an activating group) is 1. The zero-order valence-corrected chi connectivity index (χ0v) is 13.4. The minimum absolute atomic E-state index is 0.0904. The van der Waals surface area contributed by atoms with Gasteiger partial charge in [0.2, 0.25) is 0 Å². The van der Waals surface area contributed by atoms with Gasteiger partial charge >= 0.3 is 0 Å². The second-order valence-corrected chi connectivity index (χ2v) is 5.89. The summed E-state index contributed by atoms with van der Waals surface area (Å²) < 4.78 is 0. The number of ketones is 1. The first-order valence-corrected chi connectivity index (χ1v) is 7.41. The molecule has 0 aliphatic carbocycles. The second-order valence-electron chi connectivity index (χ2n) is 5.45. The van der Waals surface area contributed by atoms with Gasteiger partial charge in [0, 0.05) is 17.1 Å². The molecule has 0 saturated heterocycles. The van der Waals surface area contributed by atoms with E-state index in [2.05, 4.69) is 30.0 Å². The van der Waals surface area contributed by atoms with Gasteiger partial charge in [0.05, 0.1) is 6.04 Å². The first-order chi connectivity index (χ1) is 9.97. The summed E-state index contributed by atoms with van der Waals surface area (Å²) in [6, 6.07) is 15.3. The molecule has 0 aromatic heterocycles. The van der Waals surface area contributed by atoms with Gasteiger partial charge in [-0.25, -0.2) is 0 Å². The molecule has 2 nitrogen and oxygen atoms in total. The predicted octanol–water partition coefficient (Wildman–Crippen LogP) is 4.35. The fraction of sp³-hybridized carbons (Fsp3) is 0.278. The summed E-state index contributed by atoms with van der Waals surface area (Å²) in [6.07, 6.45) is 0. The number of hydrogen-bond acceptors (Lipinski definition) is 2. The SMILES string of the molecule is Cc1cccc(CN(C)C(C)C(=O)c2cccc(Cl)c2)c1. The van der Waals surface area contributed by atoms with Crippen molar-refractivity contribution in [3.8, 4) is 0 Å². The van der Waals surface area contributed by atoms with Crippen molar-refractivity contribution in [3.63, 3.8) is 0 Å². The maximum atomic E-state index is 12.5. The lowest BCUT2D eigenvalue weighted by atomic mass is 10.0. The van der Waals surface area contributed by atoms with Crippen LogP contribution in [-0.2, 0) is 6.54 Å². The van der Waals surface area contributed by atoms with Crippen LogP contribution in [0.2, 0.25) is 5.02 Å². The minimum Gasteiger partial charge on any atom is -0.292 e. The molecule has 21 heavy (non-hydrogen) atoms. The molecule has 0 bridgehead atoms. The first kappa shape index (κ1) is 15.7. The van der Waals surface area contributed by atoms with E-state index < -0.39 is 0 Å². The van der Waals surface area contributed by atoms with Crippen molar-refractivity contribution >= 4 is 17.4 Å². The van der Waals surface area contributed by atoms with E-state index in [0.29, 0.717) is 10.6 Å². The number of halogens is 1. The van der Waals surface area contributed by atoms with Crippen LogP contribution in [0.5, 0.6) is 0 Å². The predicted molar refractivity (Wildman–Crippen MR) is 87.9 cm³/mol. The highest BCUT2D eigenvalue weighted by Crippen LogP contribution is 2.15. The number of carbonyl (C=O) groups is 1. The van der Waals surface area contributed by atoms with Crippen LogP contribution in [0.4, 0.5) is 0 Å². The molecule has 0 radical (unpaired) electrons. The van der Waals surface area contributed by atoms with Crippen molar-refractivity contribution in [1.29, 1.82) is 0 Å². The molecule has 0 aliphatic heterocycles. The number of Topliss-reactive ketones (excluding diaryl/α,β-unsaturated/α-hetero) is 1. The van der Waals surface area contributed by atoms with Gasteiger partial charge in [-0.1, -0.05) is 53.6 Å². The summed E-state index contributed by atoms with van der Waals surface area (Å²) in [5.74, 6) is 0.0904. The maximum Gasteiger partial charge on any atom is 0.179 e. The normalized spacial score (nSPS) is 12.4. The third-order valence-corrected chi connectivity index (χ3v) is 3.90. The van der Waals surface area contributed by atoms with E-state index in [1.54, 1.807) is 12.1 Å². The van der Waals surface area contributed by atoms with Crippen LogP contribution < -0.4 is 0 Å². The van der Waals surface area contributed by atoms with Gasteiger partial charge in [-0.3, -0.25) is 9.69 Å². The number of hydrogen-bond donors (Lipinski definition) is 0. The molecule has 0 aliphatic rings. The van der Waals surface area contributed by atoms with Crippen LogP contribution in [0, 0.1) is 6.92 Å². The maximum absolute atomic E-state index is 12.5. The Morgan fingerprint density at radius 2 is 1.90 bits per heavy atom. The quantitative estimate of drug-likeness (QED) is 0.765. The molecule has 2 aromatic rings. The minimum atomic E-state index is -0.191. The van der Waals surface area contributed by atoms with Gasteiger partial charge in [0.15, 0.2) is 5.78 Å². The third kappa shape index (κ3) is 4.16. The average molecular weight is 302 g/mol.